The number of nitrogens with zero attached hydrogens (tertiary/aromatic N) is 2. The molecule has 356 valence electrons. The zero-order valence-corrected chi connectivity index (χ0v) is 40.2. The largest absolute Gasteiger partial charge is 0.480 e. The smallest absolute Gasteiger partial charge is 0.326 e. The highest BCUT2D eigenvalue weighted by Gasteiger charge is 2.46. The summed E-state index contributed by atoms with van der Waals surface area (Å²) in [6.07, 6.45) is 7.63. The average molecular weight is 883 g/mol. The molecule has 2 heterocycles. The lowest BCUT2D eigenvalue weighted by Crippen LogP contribution is -2.60. The molecule has 2 aliphatic rings. The van der Waals surface area contributed by atoms with Crippen LogP contribution in [0.3, 0.4) is 0 Å². The van der Waals surface area contributed by atoms with Crippen LogP contribution >= 0.6 is 0 Å². The number of hydrogen-bond donors (Lipinski definition) is 5. The van der Waals surface area contributed by atoms with Gasteiger partial charge in [-0.15, -0.1) is 0 Å². The zero-order valence-electron chi connectivity index (χ0n) is 40.2. The number of carboxylic acid groups (broad SMARTS) is 1. The standard InChI is InChI=1S/C49H82N6O8/c1-12-32(6)44(46(52-9)43(31(4)5)45(50)42(30(2)3)35(51-8)22-17-14-18-26-55-39(56)24-25-40(55)57)38(62-10)29-41(58)54-27-19-23-37(54)47(63-11)33(7)48(59)53-36(49(60)61)28-34-20-15-13-16-21-34/h13,15-16,20-21,24-25,30-33,35-38,42-47,51-52H,12,14,17-19,22-23,26-29,50H2,1-11H3,(H,53,59)(H,60,61)/t32-,33+,35?,36-,37-,38+,42+,43-,44+,45?,46?,47+/m0/s1. The molecule has 3 rings (SSSR count). The summed E-state index contributed by atoms with van der Waals surface area (Å²) in [5.41, 5.74) is 8.33. The maximum Gasteiger partial charge on any atom is 0.326 e. The minimum absolute atomic E-state index is 0.0259. The normalized spacial score (nSPS) is 20.9. The number of likely N-dealkylation sites (tertiary alicyclic amines) is 1. The molecular formula is C49H82N6O8. The lowest BCUT2D eigenvalue weighted by molar-refractivity contribution is -0.145. The van der Waals surface area contributed by atoms with E-state index in [1.165, 1.54) is 17.1 Å². The number of carbonyl (C=O) groups is 5. The maximum atomic E-state index is 14.6. The van der Waals surface area contributed by atoms with Gasteiger partial charge in [0.25, 0.3) is 11.8 Å². The van der Waals surface area contributed by atoms with Gasteiger partial charge in [0.1, 0.15) is 6.04 Å². The molecule has 14 heteroatoms. The molecule has 1 saturated heterocycles. The average Bonchev–Trinajstić information content (AvgIpc) is 3.87. The Balaban J connectivity index is 1.80. The van der Waals surface area contributed by atoms with Gasteiger partial charge >= 0.3 is 5.97 Å². The third-order valence-corrected chi connectivity index (χ3v) is 14.2. The highest BCUT2D eigenvalue weighted by Crippen LogP contribution is 2.39. The number of aliphatic carboxylic acids is 1. The van der Waals surface area contributed by atoms with Crippen LogP contribution in [0.5, 0.6) is 0 Å². The highest BCUT2D eigenvalue weighted by molar-refractivity contribution is 6.12. The van der Waals surface area contributed by atoms with Crippen LogP contribution in [0.1, 0.15) is 105 Å². The number of carbonyl (C=O) groups excluding carboxylic acids is 4. The van der Waals surface area contributed by atoms with Gasteiger partial charge in [-0.25, -0.2) is 4.79 Å². The second-order valence-electron chi connectivity index (χ2n) is 18.8. The summed E-state index contributed by atoms with van der Waals surface area (Å²) in [5.74, 6) is -2.09. The summed E-state index contributed by atoms with van der Waals surface area (Å²) < 4.78 is 12.3. The molecule has 0 spiro atoms. The van der Waals surface area contributed by atoms with Crippen LogP contribution in [0.4, 0.5) is 0 Å². The van der Waals surface area contributed by atoms with Crippen LogP contribution in [-0.4, -0.2) is 128 Å². The monoisotopic (exact) mass is 883 g/mol. The number of amides is 4. The van der Waals surface area contributed by atoms with Crippen molar-refractivity contribution in [3.05, 3.63) is 48.0 Å². The van der Waals surface area contributed by atoms with Gasteiger partial charge in [-0.05, 0) is 74.9 Å². The van der Waals surface area contributed by atoms with Gasteiger partial charge in [0, 0.05) is 69.9 Å². The summed E-state index contributed by atoms with van der Waals surface area (Å²) in [6, 6.07) is 7.57. The quantitative estimate of drug-likeness (QED) is 0.0535. The van der Waals surface area contributed by atoms with Crippen molar-refractivity contribution in [2.45, 2.75) is 149 Å². The van der Waals surface area contributed by atoms with Gasteiger partial charge in [0.05, 0.1) is 30.6 Å². The fraction of sp³-hybridized carbons (Fsp3) is 0.735. The Morgan fingerprint density at radius 3 is 2.03 bits per heavy atom. The van der Waals surface area contributed by atoms with Gasteiger partial charge in [-0.3, -0.25) is 24.1 Å². The van der Waals surface area contributed by atoms with E-state index in [-0.39, 0.29) is 90.2 Å². The Morgan fingerprint density at radius 1 is 0.873 bits per heavy atom. The predicted molar refractivity (Wildman–Crippen MR) is 247 cm³/mol. The van der Waals surface area contributed by atoms with Crippen molar-refractivity contribution in [2.24, 2.45) is 47.2 Å². The SMILES string of the molecule is CC[C@H](C)[C@@H](C(NC)[C@@H](C(C)C)C(N)[C@H](C(C)C)C(CCCCCN1C(=O)C=CC1=O)NC)[C@@H](CC(=O)N1CCC[C@H]1[C@H](OC)[C@@H](C)C(=O)N[C@@H](Cc1ccccc1)C(=O)O)OC. The first-order valence-electron chi connectivity index (χ1n) is 23.5. The van der Waals surface area contributed by atoms with E-state index >= 15 is 0 Å². The summed E-state index contributed by atoms with van der Waals surface area (Å²) >= 11 is 0. The lowest BCUT2D eigenvalue weighted by atomic mass is 9.65. The molecular weight excluding hydrogens is 801 g/mol. The van der Waals surface area contributed by atoms with E-state index in [4.69, 9.17) is 15.2 Å². The van der Waals surface area contributed by atoms with Crippen molar-refractivity contribution in [1.29, 1.82) is 0 Å². The van der Waals surface area contributed by atoms with E-state index in [0.717, 1.165) is 44.1 Å². The number of imide groups is 1. The van der Waals surface area contributed by atoms with Crippen LogP contribution < -0.4 is 21.7 Å². The number of benzene rings is 1. The molecule has 3 unspecified atom stereocenters. The number of carboxylic acids is 1. The van der Waals surface area contributed by atoms with Crippen LogP contribution in [0.15, 0.2) is 42.5 Å². The Labute approximate surface area is 378 Å². The predicted octanol–water partition coefficient (Wildman–Crippen LogP) is 5.04. The van der Waals surface area contributed by atoms with Gasteiger partial charge in [0.2, 0.25) is 11.8 Å². The summed E-state index contributed by atoms with van der Waals surface area (Å²) in [6.45, 7) is 16.0. The van der Waals surface area contributed by atoms with E-state index in [0.29, 0.717) is 19.5 Å². The summed E-state index contributed by atoms with van der Waals surface area (Å²) in [4.78, 5) is 67.7. The Kier molecular flexibility index (Phi) is 22.4. The molecule has 2 aliphatic heterocycles. The molecule has 0 saturated carbocycles. The van der Waals surface area contributed by atoms with E-state index in [9.17, 15) is 29.1 Å². The number of nitrogens with one attached hydrogen (secondary N) is 3. The molecule has 0 aliphatic carbocycles. The Morgan fingerprint density at radius 2 is 1.51 bits per heavy atom. The van der Waals surface area contributed by atoms with Crippen molar-refractivity contribution in [1.82, 2.24) is 25.8 Å². The van der Waals surface area contributed by atoms with E-state index in [2.05, 4.69) is 57.5 Å². The van der Waals surface area contributed by atoms with Crippen molar-refractivity contribution >= 4 is 29.6 Å². The van der Waals surface area contributed by atoms with Crippen molar-refractivity contribution < 1.29 is 38.6 Å². The molecule has 1 aromatic carbocycles. The molecule has 0 radical (unpaired) electrons. The number of unbranched alkanes of at least 4 members (excludes halogenated alkanes) is 2. The lowest BCUT2D eigenvalue weighted by Gasteiger charge is -2.48. The van der Waals surface area contributed by atoms with E-state index in [1.54, 1.807) is 21.1 Å². The maximum absolute atomic E-state index is 14.6. The molecule has 0 bridgehead atoms. The summed E-state index contributed by atoms with van der Waals surface area (Å²) in [5, 5.41) is 20.0. The molecule has 12 atom stereocenters. The second kappa shape index (κ2) is 26.3. The van der Waals surface area contributed by atoms with Crippen LogP contribution in [-0.2, 0) is 39.9 Å². The molecule has 6 N–H and O–H groups in total. The topological polar surface area (TPSA) is 193 Å². The highest BCUT2D eigenvalue weighted by atomic mass is 16.5. The van der Waals surface area contributed by atoms with E-state index in [1.807, 2.05) is 49.3 Å². The molecule has 1 aromatic rings. The van der Waals surface area contributed by atoms with Crippen LogP contribution in [0, 0.1) is 41.4 Å². The molecule has 0 aromatic heterocycles. The Bertz CT molecular complexity index is 1610. The zero-order chi connectivity index (χ0) is 47.0. The number of nitrogens with two attached hydrogens (primary N) is 1. The molecule has 14 nitrogen and oxygen atoms in total. The minimum atomic E-state index is -1.12. The fourth-order valence-corrected chi connectivity index (χ4v) is 10.7. The first-order valence-corrected chi connectivity index (χ1v) is 23.5. The summed E-state index contributed by atoms with van der Waals surface area (Å²) in [7, 11) is 7.22. The number of ether oxygens (including phenoxy) is 2. The van der Waals surface area contributed by atoms with Gasteiger partial charge in [-0.2, -0.15) is 0 Å². The van der Waals surface area contributed by atoms with Gasteiger partial charge in [-0.1, -0.05) is 98.1 Å². The Hall–Kier alpha value is -3.69. The second-order valence-corrected chi connectivity index (χ2v) is 18.8. The molecule has 1 fully saturated rings. The molecule has 63 heavy (non-hydrogen) atoms. The minimum Gasteiger partial charge on any atom is -0.480 e. The third-order valence-electron chi connectivity index (χ3n) is 14.2. The molecule has 4 amide bonds. The number of rotatable bonds is 29. The third kappa shape index (κ3) is 14.4. The van der Waals surface area contributed by atoms with Crippen LogP contribution in [0.25, 0.3) is 0 Å². The van der Waals surface area contributed by atoms with E-state index < -0.39 is 36.0 Å². The fourth-order valence-electron chi connectivity index (χ4n) is 10.7. The first kappa shape index (κ1) is 53.6. The van der Waals surface area contributed by atoms with Gasteiger partial charge in [0.15, 0.2) is 0 Å². The van der Waals surface area contributed by atoms with Gasteiger partial charge < -0.3 is 41.2 Å². The number of hydrogen-bond acceptors (Lipinski definition) is 10. The number of methoxy groups -OCH3 is 2. The van der Waals surface area contributed by atoms with Crippen molar-refractivity contribution in [3.63, 3.8) is 0 Å². The van der Waals surface area contributed by atoms with Crippen molar-refractivity contribution in [2.75, 3.05) is 41.4 Å². The first-order chi connectivity index (χ1) is 30.0. The van der Waals surface area contributed by atoms with Crippen molar-refractivity contribution in [3.8, 4) is 0 Å². The van der Waals surface area contributed by atoms with Crippen LogP contribution in [0.2, 0.25) is 0 Å².